The summed E-state index contributed by atoms with van der Waals surface area (Å²) in [5.41, 5.74) is 0. The van der Waals surface area contributed by atoms with Crippen LogP contribution in [0.2, 0.25) is 5.15 Å². The monoisotopic (exact) mass is 273 g/mol. The Kier molecular flexibility index (Phi) is 2.48. The number of hydrogen-bond donors (Lipinski definition) is 1. The summed E-state index contributed by atoms with van der Waals surface area (Å²) in [6, 6.07) is 0. The molecule has 0 radical (unpaired) electrons. The fourth-order valence-corrected chi connectivity index (χ4v) is 3.00. The van der Waals surface area contributed by atoms with E-state index in [1.165, 1.54) is 11.7 Å². The molecule has 0 aliphatic rings. The molecule has 0 saturated carbocycles. The van der Waals surface area contributed by atoms with Crippen LogP contribution in [0.25, 0.3) is 0 Å². The minimum absolute atomic E-state index is 0.00984. The molecule has 0 saturated heterocycles. The van der Waals surface area contributed by atoms with Crippen molar-refractivity contribution in [3.05, 3.63) is 9.76 Å². The minimum atomic E-state index is -3.81. The van der Waals surface area contributed by atoms with E-state index in [1.54, 1.807) is 0 Å². The zero-order valence-electron chi connectivity index (χ0n) is 5.95. The second kappa shape index (κ2) is 2.99. The van der Waals surface area contributed by atoms with Crippen LogP contribution in [-0.4, -0.2) is 18.2 Å². The van der Waals surface area contributed by atoms with Crippen molar-refractivity contribution in [3.8, 4) is 0 Å². The molecule has 5 nitrogen and oxygen atoms in total. The van der Waals surface area contributed by atoms with Crippen LogP contribution in [0.4, 0.5) is 0 Å². The van der Waals surface area contributed by atoms with Crippen molar-refractivity contribution in [3.63, 3.8) is 0 Å². The van der Waals surface area contributed by atoms with Crippen molar-refractivity contribution in [1.29, 1.82) is 0 Å². The molecule has 0 aliphatic carbocycles. The van der Waals surface area contributed by atoms with Gasteiger partial charge in [0, 0.05) is 7.05 Å². The third-order valence-electron chi connectivity index (χ3n) is 1.18. The zero-order chi connectivity index (χ0) is 9.52. The number of aromatic nitrogens is 2. The first-order valence-corrected chi connectivity index (χ1v) is 5.46. The molecule has 0 aromatic carbocycles. The maximum Gasteiger partial charge on any atom is 0.243 e. The van der Waals surface area contributed by atoms with Gasteiger partial charge in [-0.2, -0.15) is 5.10 Å². The number of primary sulfonamides is 1. The van der Waals surface area contributed by atoms with Gasteiger partial charge < -0.3 is 0 Å². The number of rotatable bonds is 1. The molecule has 1 rings (SSSR count). The summed E-state index contributed by atoms with van der Waals surface area (Å²) in [4.78, 5) is -0.188. The normalized spacial score (nSPS) is 12.0. The number of hydrogen-bond acceptors (Lipinski definition) is 3. The standard InChI is InChI=1S/C4H5BrClN3O2S/c1-9-4(6)2(3(5)8-9)12(7,10)11/h1H3,(H2,7,10,11). The highest BCUT2D eigenvalue weighted by molar-refractivity contribution is 9.10. The van der Waals surface area contributed by atoms with E-state index in [9.17, 15) is 8.42 Å². The van der Waals surface area contributed by atoms with Crippen LogP contribution in [0.3, 0.4) is 0 Å². The maximum absolute atomic E-state index is 10.9. The van der Waals surface area contributed by atoms with E-state index in [4.69, 9.17) is 16.7 Å². The van der Waals surface area contributed by atoms with E-state index in [2.05, 4.69) is 21.0 Å². The van der Waals surface area contributed by atoms with Crippen molar-refractivity contribution in [2.75, 3.05) is 0 Å². The molecule has 0 unspecified atom stereocenters. The Balaban J connectivity index is 3.54. The Morgan fingerprint density at radius 3 is 2.33 bits per heavy atom. The fourth-order valence-electron chi connectivity index (χ4n) is 0.688. The highest BCUT2D eigenvalue weighted by atomic mass is 79.9. The number of nitrogens with zero attached hydrogens (tertiary/aromatic N) is 2. The van der Waals surface area contributed by atoms with Crippen molar-refractivity contribution in [1.82, 2.24) is 9.78 Å². The molecule has 68 valence electrons. The summed E-state index contributed by atoms with van der Waals surface area (Å²) < 4.78 is 23.1. The average molecular weight is 275 g/mol. The van der Waals surface area contributed by atoms with Gasteiger partial charge in [-0.1, -0.05) is 11.6 Å². The van der Waals surface area contributed by atoms with Crippen LogP contribution in [-0.2, 0) is 17.1 Å². The molecule has 2 N–H and O–H groups in total. The lowest BCUT2D eigenvalue weighted by Crippen LogP contribution is -2.12. The van der Waals surface area contributed by atoms with Gasteiger partial charge >= 0.3 is 0 Å². The second-order valence-corrected chi connectivity index (χ2v) is 4.69. The van der Waals surface area contributed by atoms with Crippen molar-refractivity contribution in [2.45, 2.75) is 4.90 Å². The highest BCUT2D eigenvalue weighted by Gasteiger charge is 2.22. The molecular formula is C4H5BrClN3O2S. The summed E-state index contributed by atoms with van der Waals surface area (Å²) in [7, 11) is -2.29. The smallest absolute Gasteiger partial charge is 0.243 e. The largest absolute Gasteiger partial charge is 0.255 e. The number of halogens is 2. The Morgan fingerprint density at radius 1 is 1.67 bits per heavy atom. The molecule has 0 spiro atoms. The van der Waals surface area contributed by atoms with E-state index in [1.807, 2.05) is 0 Å². The molecular weight excluding hydrogens is 269 g/mol. The van der Waals surface area contributed by atoms with Gasteiger partial charge in [0.1, 0.15) is 9.76 Å². The molecule has 0 fully saturated rings. The first-order chi connectivity index (χ1) is 5.34. The molecule has 1 aromatic heterocycles. The Bertz CT molecular complexity index is 412. The van der Waals surface area contributed by atoms with Crippen LogP contribution >= 0.6 is 27.5 Å². The summed E-state index contributed by atoms with van der Waals surface area (Å²) in [5, 5.41) is 8.59. The summed E-state index contributed by atoms with van der Waals surface area (Å²) in [6.45, 7) is 0. The lowest BCUT2D eigenvalue weighted by molar-refractivity contribution is 0.597. The van der Waals surface area contributed by atoms with Gasteiger partial charge in [-0.25, -0.2) is 13.6 Å². The highest BCUT2D eigenvalue weighted by Crippen LogP contribution is 2.26. The third kappa shape index (κ3) is 1.63. The van der Waals surface area contributed by atoms with Gasteiger partial charge in [0.15, 0.2) is 4.90 Å². The van der Waals surface area contributed by atoms with Gasteiger partial charge in [-0.05, 0) is 15.9 Å². The Hall–Kier alpha value is -0.110. The van der Waals surface area contributed by atoms with Crippen LogP contribution < -0.4 is 5.14 Å². The van der Waals surface area contributed by atoms with Crippen LogP contribution in [0.1, 0.15) is 0 Å². The number of aryl methyl sites for hydroxylation is 1. The van der Waals surface area contributed by atoms with Crippen LogP contribution in [0, 0.1) is 0 Å². The molecule has 1 heterocycles. The number of nitrogens with two attached hydrogens (primary N) is 1. The topological polar surface area (TPSA) is 78.0 Å². The first-order valence-electron chi connectivity index (χ1n) is 2.75. The SMILES string of the molecule is Cn1nc(Br)c(S(N)(=O)=O)c1Cl. The van der Waals surface area contributed by atoms with Crippen molar-refractivity contribution in [2.24, 2.45) is 12.2 Å². The van der Waals surface area contributed by atoms with Crippen molar-refractivity contribution < 1.29 is 8.42 Å². The predicted molar refractivity (Wildman–Crippen MR) is 47.3 cm³/mol. The Labute approximate surface area is 82.7 Å². The van der Waals surface area contributed by atoms with Gasteiger partial charge in [0.2, 0.25) is 10.0 Å². The quantitative estimate of drug-likeness (QED) is 0.809. The van der Waals surface area contributed by atoms with Gasteiger partial charge in [0.25, 0.3) is 0 Å². The third-order valence-corrected chi connectivity index (χ3v) is 3.50. The minimum Gasteiger partial charge on any atom is -0.255 e. The Morgan fingerprint density at radius 2 is 2.17 bits per heavy atom. The maximum atomic E-state index is 10.9. The summed E-state index contributed by atoms with van der Waals surface area (Å²) >= 11 is 8.54. The number of sulfonamides is 1. The van der Waals surface area contributed by atoms with E-state index >= 15 is 0 Å². The lowest BCUT2D eigenvalue weighted by Gasteiger charge is -1.94. The van der Waals surface area contributed by atoms with Crippen molar-refractivity contribution >= 4 is 37.6 Å². The van der Waals surface area contributed by atoms with E-state index in [0.717, 1.165) is 0 Å². The molecule has 1 aromatic rings. The first kappa shape index (κ1) is 9.97. The van der Waals surface area contributed by atoms with Gasteiger partial charge in [-0.15, -0.1) is 0 Å². The predicted octanol–water partition coefficient (Wildman–Crippen LogP) is 0.483. The molecule has 0 bridgehead atoms. The lowest BCUT2D eigenvalue weighted by atomic mass is 10.7. The molecule has 12 heavy (non-hydrogen) atoms. The summed E-state index contributed by atoms with van der Waals surface area (Å²) in [6.07, 6.45) is 0. The molecule has 0 amide bonds. The van der Waals surface area contributed by atoms with E-state index < -0.39 is 10.0 Å². The molecule has 8 heteroatoms. The fraction of sp³-hybridized carbons (Fsp3) is 0.250. The van der Waals surface area contributed by atoms with E-state index in [-0.39, 0.29) is 14.7 Å². The van der Waals surface area contributed by atoms with E-state index in [0.29, 0.717) is 0 Å². The van der Waals surface area contributed by atoms with Crippen LogP contribution in [0.15, 0.2) is 9.50 Å². The zero-order valence-corrected chi connectivity index (χ0v) is 9.11. The van der Waals surface area contributed by atoms with Gasteiger partial charge in [0.05, 0.1) is 0 Å². The molecule has 0 atom stereocenters. The van der Waals surface area contributed by atoms with Crippen LogP contribution in [0.5, 0.6) is 0 Å². The summed E-state index contributed by atoms with van der Waals surface area (Å²) in [5.74, 6) is 0. The van der Waals surface area contributed by atoms with Gasteiger partial charge in [-0.3, -0.25) is 4.68 Å². The average Bonchev–Trinajstić information content (AvgIpc) is 2.05. The molecule has 0 aliphatic heterocycles. The second-order valence-electron chi connectivity index (χ2n) is 2.08.